The summed E-state index contributed by atoms with van der Waals surface area (Å²) >= 11 is 0. The van der Waals surface area contributed by atoms with E-state index in [-0.39, 0.29) is 5.91 Å². The van der Waals surface area contributed by atoms with Gasteiger partial charge in [0.05, 0.1) is 5.56 Å². The van der Waals surface area contributed by atoms with Crippen LogP contribution in [-0.2, 0) is 6.42 Å². The molecule has 26 heavy (non-hydrogen) atoms. The Morgan fingerprint density at radius 2 is 1.88 bits per heavy atom. The van der Waals surface area contributed by atoms with Crippen molar-refractivity contribution in [2.75, 3.05) is 13.1 Å². The number of aromatic carboxylic acids is 1. The Morgan fingerprint density at radius 3 is 2.58 bits per heavy atom. The highest BCUT2D eigenvalue weighted by Crippen LogP contribution is 2.39. The fraction of sp³-hybridized carbons (Fsp3) is 0.450. The third-order valence-corrected chi connectivity index (χ3v) is 5.49. The largest absolute Gasteiger partial charge is 0.478 e. The van der Waals surface area contributed by atoms with Crippen LogP contribution in [0.3, 0.4) is 0 Å². The van der Waals surface area contributed by atoms with Gasteiger partial charge in [-0.25, -0.2) is 4.79 Å². The molecule has 2 fully saturated rings. The number of carbonyl (C=O) groups is 2. The minimum absolute atomic E-state index is 0.00228. The Kier molecular flexibility index (Phi) is 4.49. The molecule has 2 N–H and O–H groups in total. The van der Waals surface area contributed by atoms with Crippen LogP contribution in [0.1, 0.15) is 63.7 Å². The Balaban J connectivity index is 1.35. The van der Waals surface area contributed by atoms with Crippen molar-refractivity contribution in [2.45, 2.75) is 38.0 Å². The van der Waals surface area contributed by atoms with E-state index in [4.69, 9.17) is 0 Å². The van der Waals surface area contributed by atoms with Gasteiger partial charge in [-0.1, -0.05) is 18.2 Å². The molecule has 2 aliphatic rings. The lowest BCUT2D eigenvalue weighted by atomic mass is 9.88. The maximum atomic E-state index is 12.6. The highest BCUT2D eigenvalue weighted by molar-refractivity contribution is 5.92. The van der Waals surface area contributed by atoms with E-state index in [2.05, 4.69) is 10.2 Å². The summed E-state index contributed by atoms with van der Waals surface area (Å²) in [4.78, 5) is 25.9. The van der Waals surface area contributed by atoms with Gasteiger partial charge in [0.15, 0.2) is 0 Å². The predicted molar refractivity (Wildman–Crippen MR) is 96.3 cm³/mol. The average molecular weight is 353 g/mol. The maximum absolute atomic E-state index is 12.6. The van der Waals surface area contributed by atoms with E-state index in [1.54, 1.807) is 12.1 Å². The molecule has 1 aromatic carbocycles. The number of piperidine rings is 1. The lowest BCUT2D eigenvalue weighted by molar-refractivity contribution is 0.0684. The number of aromatic amines is 1. The number of hydrogen-bond donors (Lipinski definition) is 2. The van der Waals surface area contributed by atoms with E-state index < -0.39 is 5.97 Å². The number of carboxylic acid groups (broad SMARTS) is 1. The number of nitrogens with zero attached hydrogens (tertiary/aromatic N) is 2. The fourth-order valence-electron chi connectivity index (χ4n) is 3.77. The van der Waals surface area contributed by atoms with Crippen molar-refractivity contribution in [3.63, 3.8) is 0 Å². The summed E-state index contributed by atoms with van der Waals surface area (Å²) in [5.74, 6) is 0.0839. The van der Waals surface area contributed by atoms with Crippen LogP contribution >= 0.6 is 0 Å². The molecule has 136 valence electrons. The number of benzene rings is 1. The molecule has 1 aliphatic carbocycles. The average Bonchev–Trinajstić information content (AvgIpc) is 3.39. The zero-order chi connectivity index (χ0) is 18.1. The van der Waals surface area contributed by atoms with Crippen LogP contribution in [0.15, 0.2) is 30.3 Å². The molecule has 1 saturated heterocycles. The van der Waals surface area contributed by atoms with Gasteiger partial charge in [0, 0.05) is 24.7 Å². The number of carboxylic acids is 1. The van der Waals surface area contributed by atoms with Crippen molar-refractivity contribution in [2.24, 2.45) is 5.92 Å². The van der Waals surface area contributed by atoms with E-state index in [9.17, 15) is 14.7 Å². The van der Waals surface area contributed by atoms with Crippen LogP contribution in [0.5, 0.6) is 0 Å². The van der Waals surface area contributed by atoms with Gasteiger partial charge in [-0.3, -0.25) is 9.89 Å². The first kappa shape index (κ1) is 16.8. The molecule has 1 aliphatic heterocycles. The number of rotatable bonds is 5. The summed E-state index contributed by atoms with van der Waals surface area (Å²) in [6.07, 6.45) is 4.88. The first-order valence-electron chi connectivity index (χ1n) is 9.27. The monoisotopic (exact) mass is 353 g/mol. The van der Waals surface area contributed by atoms with E-state index >= 15 is 0 Å². The lowest BCUT2D eigenvalue weighted by Crippen LogP contribution is -2.39. The summed E-state index contributed by atoms with van der Waals surface area (Å²) < 4.78 is 0. The predicted octanol–water partition coefficient (Wildman–Crippen LogP) is 3.08. The second kappa shape index (κ2) is 6.94. The Hall–Kier alpha value is -2.63. The van der Waals surface area contributed by atoms with Gasteiger partial charge in [0.1, 0.15) is 5.69 Å². The van der Waals surface area contributed by atoms with Gasteiger partial charge in [-0.2, -0.15) is 5.10 Å². The van der Waals surface area contributed by atoms with Crippen molar-refractivity contribution in [3.05, 3.63) is 52.8 Å². The molecule has 0 atom stereocenters. The quantitative estimate of drug-likeness (QED) is 0.865. The molecule has 1 amide bonds. The Morgan fingerprint density at radius 1 is 1.15 bits per heavy atom. The van der Waals surface area contributed by atoms with Gasteiger partial charge < -0.3 is 10.0 Å². The number of hydrogen-bond acceptors (Lipinski definition) is 3. The van der Waals surface area contributed by atoms with Gasteiger partial charge in [0.2, 0.25) is 0 Å². The van der Waals surface area contributed by atoms with Crippen molar-refractivity contribution in [3.8, 4) is 0 Å². The van der Waals surface area contributed by atoms with Crippen molar-refractivity contribution >= 4 is 11.9 Å². The lowest BCUT2D eigenvalue weighted by Gasteiger charge is -2.31. The summed E-state index contributed by atoms with van der Waals surface area (Å²) in [6, 6.07) is 9.09. The highest BCUT2D eigenvalue weighted by atomic mass is 16.4. The number of H-pyrrole nitrogens is 1. The third-order valence-electron chi connectivity index (χ3n) is 5.49. The molecule has 2 aromatic rings. The molecule has 6 heteroatoms. The van der Waals surface area contributed by atoms with Gasteiger partial charge in [-0.15, -0.1) is 0 Å². The van der Waals surface area contributed by atoms with Crippen LogP contribution in [0.4, 0.5) is 0 Å². The van der Waals surface area contributed by atoms with Gasteiger partial charge in [0.25, 0.3) is 5.91 Å². The molecule has 6 nitrogen and oxygen atoms in total. The van der Waals surface area contributed by atoms with Crippen molar-refractivity contribution in [1.82, 2.24) is 15.1 Å². The van der Waals surface area contributed by atoms with Crippen LogP contribution in [0.2, 0.25) is 0 Å². The van der Waals surface area contributed by atoms with E-state index in [1.807, 2.05) is 23.1 Å². The van der Waals surface area contributed by atoms with E-state index in [1.165, 1.54) is 12.8 Å². The van der Waals surface area contributed by atoms with E-state index in [0.29, 0.717) is 36.2 Å². The summed E-state index contributed by atoms with van der Waals surface area (Å²) in [7, 11) is 0. The summed E-state index contributed by atoms with van der Waals surface area (Å²) in [6.45, 7) is 1.40. The minimum Gasteiger partial charge on any atom is -0.478 e. The standard InChI is InChI=1S/C20H23N3O3/c24-19(18-12-17(21-22-18)14-5-6-14)23-9-7-13(8-10-23)11-15-3-1-2-4-16(15)20(25)26/h1-4,12-14H,5-11H2,(H,21,22)(H,25,26). The minimum atomic E-state index is -0.877. The third kappa shape index (κ3) is 3.49. The number of aromatic nitrogens is 2. The Labute approximate surface area is 152 Å². The maximum Gasteiger partial charge on any atom is 0.335 e. The van der Waals surface area contributed by atoms with Gasteiger partial charge >= 0.3 is 5.97 Å². The number of likely N-dealkylation sites (tertiary alicyclic amines) is 1. The number of amides is 1. The number of nitrogens with one attached hydrogen (secondary N) is 1. The highest BCUT2D eigenvalue weighted by Gasteiger charge is 2.29. The van der Waals surface area contributed by atoms with E-state index in [0.717, 1.165) is 30.5 Å². The van der Waals surface area contributed by atoms with Crippen molar-refractivity contribution in [1.29, 1.82) is 0 Å². The van der Waals surface area contributed by atoms with Crippen molar-refractivity contribution < 1.29 is 14.7 Å². The molecule has 0 spiro atoms. The second-order valence-electron chi connectivity index (χ2n) is 7.38. The molecule has 0 unspecified atom stereocenters. The fourth-order valence-corrected chi connectivity index (χ4v) is 3.77. The van der Waals surface area contributed by atoms with Crippen LogP contribution in [0.25, 0.3) is 0 Å². The SMILES string of the molecule is O=C(O)c1ccccc1CC1CCN(C(=O)c2cc(C3CC3)[nH]n2)CC1. The summed E-state index contributed by atoms with van der Waals surface area (Å²) in [5.41, 5.74) is 2.86. The topological polar surface area (TPSA) is 86.3 Å². The van der Waals surface area contributed by atoms with Gasteiger partial charge in [-0.05, 0) is 55.7 Å². The molecular weight excluding hydrogens is 330 g/mol. The molecule has 0 bridgehead atoms. The molecule has 1 saturated carbocycles. The first-order chi connectivity index (χ1) is 12.6. The first-order valence-corrected chi connectivity index (χ1v) is 9.27. The zero-order valence-corrected chi connectivity index (χ0v) is 14.6. The Bertz CT molecular complexity index is 817. The molecule has 0 radical (unpaired) electrons. The normalized spacial score (nSPS) is 18.1. The second-order valence-corrected chi connectivity index (χ2v) is 7.38. The molecule has 4 rings (SSSR count). The molecule has 2 heterocycles. The smallest absolute Gasteiger partial charge is 0.335 e. The zero-order valence-electron chi connectivity index (χ0n) is 14.6. The van der Waals surface area contributed by atoms with Crippen LogP contribution in [-0.4, -0.2) is 45.2 Å². The number of carbonyl (C=O) groups excluding carboxylic acids is 1. The van der Waals surface area contributed by atoms with Crippen LogP contribution in [0, 0.1) is 5.92 Å². The molecule has 1 aromatic heterocycles. The molecular formula is C20H23N3O3. The van der Waals surface area contributed by atoms with Crippen LogP contribution < -0.4 is 0 Å². The summed E-state index contributed by atoms with van der Waals surface area (Å²) in [5, 5.41) is 16.5.